The molecule has 21 heavy (non-hydrogen) atoms. The molecular formula is C18H21ClFN. The number of hydrogen-bond acceptors (Lipinski definition) is 1. The van der Waals surface area contributed by atoms with Crippen molar-refractivity contribution in [2.45, 2.75) is 32.7 Å². The van der Waals surface area contributed by atoms with Gasteiger partial charge in [0, 0.05) is 6.04 Å². The first kappa shape index (κ1) is 16.0. The van der Waals surface area contributed by atoms with Crippen LogP contribution in [0.3, 0.4) is 0 Å². The second-order valence-electron chi connectivity index (χ2n) is 5.34. The van der Waals surface area contributed by atoms with Crippen LogP contribution in [0.5, 0.6) is 0 Å². The third-order valence-electron chi connectivity index (χ3n) is 3.54. The second kappa shape index (κ2) is 7.58. The molecule has 2 aromatic rings. The zero-order chi connectivity index (χ0) is 15.2. The Kier molecular flexibility index (Phi) is 5.77. The zero-order valence-corrected chi connectivity index (χ0v) is 13.3. The summed E-state index contributed by atoms with van der Waals surface area (Å²) in [6.07, 6.45) is 1.74. The summed E-state index contributed by atoms with van der Waals surface area (Å²) < 4.78 is 13.6. The minimum absolute atomic E-state index is 0.143. The number of benzene rings is 2. The van der Waals surface area contributed by atoms with Crippen LogP contribution in [-0.4, -0.2) is 6.54 Å². The van der Waals surface area contributed by atoms with Crippen molar-refractivity contribution in [3.05, 3.63) is 70.0 Å². The van der Waals surface area contributed by atoms with Gasteiger partial charge in [-0.3, -0.25) is 0 Å². The molecule has 0 saturated heterocycles. The molecule has 0 aliphatic rings. The molecule has 2 rings (SSSR count). The maximum atomic E-state index is 13.6. The van der Waals surface area contributed by atoms with Gasteiger partial charge in [-0.15, -0.1) is 0 Å². The van der Waals surface area contributed by atoms with Crippen molar-refractivity contribution in [3.63, 3.8) is 0 Å². The molecule has 0 radical (unpaired) electrons. The van der Waals surface area contributed by atoms with Crippen LogP contribution in [0.25, 0.3) is 0 Å². The summed E-state index contributed by atoms with van der Waals surface area (Å²) in [7, 11) is 0. The molecule has 1 unspecified atom stereocenters. The Bertz CT molecular complexity index is 598. The van der Waals surface area contributed by atoms with E-state index < -0.39 is 0 Å². The van der Waals surface area contributed by atoms with Crippen molar-refractivity contribution in [2.24, 2.45) is 0 Å². The lowest BCUT2D eigenvalue weighted by atomic mass is 9.97. The van der Waals surface area contributed by atoms with Crippen molar-refractivity contribution in [1.29, 1.82) is 0 Å². The van der Waals surface area contributed by atoms with Gasteiger partial charge in [0.25, 0.3) is 0 Å². The van der Waals surface area contributed by atoms with Gasteiger partial charge < -0.3 is 5.32 Å². The molecule has 3 heteroatoms. The van der Waals surface area contributed by atoms with E-state index in [0.29, 0.717) is 6.42 Å². The average molecular weight is 306 g/mol. The Balaban J connectivity index is 2.26. The van der Waals surface area contributed by atoms with Gasteiger partial charge in [-0.25, -0.2) is 4.39 Å². The molecule has 0 fully saturated rings. The summed E-state index contributed by atoms with van der Waals surface area (Å²) >= 11 is 6.09. The monoisotopic (exact) mass is 305 g/mol. The maximum Gasteiger partial charge on any atom is 0.142 e. The van der Waals surface area contributed by atoms with Crippen molar-refractivity contribution in [1.82, 2.24) is 5.32 Å². The van der Waals surface area contributed by atoms with E-state index in [1.54, 1.807) is 6.07 Å². The first-order chi connectivity index (χ1) is 10.1. The van der Waals surface area contributed by atoms with Gasteiger partial charge >= 0.3 is 0 Å². The summed E-state index contributed by atoms with van der Waals surface area (Å²) in [6, 6.07) is 13.5. The molecule has 0 bridgehead atoms. The standard InChI is InChI=1S/C18H21ClFN/c1-3-10-21-17(14-7-4-6-13(2)11-14)12-15-8-5-9-16(20)18(15)19/h4-9,11,17,21H,3,10,12H2,1-2H3. The number of rotatable bonds is 6. The fourth-order valence-corrected chi connectivity index (χ4v) is 2.64. The zero-order valence-electron chi connectivity index (χ0n) is 12.5. The third kappa shape index (κ3) is 4.29. The normalized spacial score (nSPS) is 12.4. The average Bonchev–Trinajstić information content (AvgIpc) is 2.47. The highest BCUT2D eigenvalue weighted by Crippen LogP contribution is 2.26. The quantitative estimate of drug-likeness (QED) is 0.785. The van der Waals surface area contributed by atoms with E-state index in [1.165, 1.54) is 17.2 Å². The molecule has 0 saturated carbocycles. The SMILES string of the molecule is CCCNC(Cc1cccc(F)c1Cl)c1cccc(C)c1. The summed E-state index contributed by atoms with van der Waals surface area (Å²) in [5.41, 5.74) is 3.27. The number of nitrogens with one attached hydrogen (secondary N) is 1. The molecule has 2 aromatic carbocycles. The summed E-state index contributed by atoms with van der Waals surface area (Å²) in [6.45, 7) is 5.14. The third-order valence-corrected chi connectivity index (χ3v) is 3.96. The van der Waals surface area contributed by atoms with E-state index in [4.69, 9.17) is 11.6 Å². The van der Waals surface area contributed by atoms with Crippen LogP contribution in [0.1, 0.15) is 36.1 Å². The van der Waals surface area contributed by atoms with Crippen molar-refractivity contribution < 1.29 is 4.39 Å². The Morgan fingerprint density at radius 3 is 2.67 bits per heavy atom. The largest absolute Gasteiger partial charge is 0.310 e. The Hall–Kier alpha value is -1.38. The Labute approximate surface area is 131 Å². The van der Waals surface area contributed by atoms with E-state index in [9.17, 15) is 4.39 Å². The van der Waals surface area contributed by atoms with Crippen LogP contribution >= 0.6 is 11.6 Å². The molecule has 1 atom stereocenters. The molecule has 0 aliphatic carbocycles. The molecular weight excluding hydrogens is 285 g/mol. The first-order valence-corrected chi connectivity index (χ1v) is 7.72. The molecule has 0 amide bonds. The molecule has 1 N–H and O–H groups in total. The molecule has 0 aliphatic heterocycles. The van der Waals surface area contributed by atoms with Gasteiger partial charge in [0.2, 0.25) is 0 Å². The lowest BCUT2D eigenvalue weighted by molar-refractivity contribution is 0.527. The van der Waals surface area contributed by atoms with Crippen LogP contribution in [-0.2, 0) is 6.42 Å². The van der Waals surface area contributed by atoms with Gasteiger partial charge in [0.15, 0.2) is 0 Å². The van der Waals surface area contributed by atoms with E-state index in [1.807, 2.05) is 6.07 Å². The van der Waals surface area contributed by atoms with Gasteiger partial charge in [0.1, 0.15) is 5.82 Å². The summed E-state index contributed by atoms with van der Waals surface area (Å²) in [5, 5.41) is 3.76. The minimum Gasteiger partial charge on any atom is -0.310 e. The van der Waals surface area contributed by atoms with Gasteiger partial charge in [0.05, 0.1) is 5.02 Å². The molecule has 1 nitrogen and oxygen atoms in total. The second-order valence-corrected chi connectivity index (χ2v) is 5.72. The first-order valence-electron chi connectivity index (χ1n) is 7.34. The van der Waals surface area contributed by atoms with Crippen LogP contribution < -0.4 is 5.32 Å². The fourth-order valence-electron chi connectivity index (χ4n) is 2.44. The number of halogens is 2. The summed E-state index contributed by atoms with van der Waals surface area (Å²) in [4.78, 5) is 0. The van der Waals surface area contributed by atoms with Crippen LogP contribution in [0, 0.1) is 12.7 Å². The predicted octanol–water partition coefficient (Wildman–Crippen LogP) is 5.07. The maximum absolute atomic E-state index is 13.6. The minimum atomic E-state index is -0.354. The highest BCUT2D eigenvalue weighted by Gasteiger charge is 2.15. The Morgan fingerprint density at radius 1 is 1.19 bits per heavy atom. The van der Waals surface area contributed by atoms with Crippen LogP contribution in [0.15, 0.2) is 42.5 Å². The van der Waals surface area contributed by atoms with E-state index in [2.05, 4.69) is 43.4 Å². The highest BCUT2D eigenvalue weighted by molar-refractivity contribution is 6.31. The van der Waals surface area contributed by atoms with Gasteiger partial charge in [-0.2, -0.15) is 0 Å². The molecule has 0 heterocycles. The predicted molar refractivity (Wildman–Crippen MR) is 87.3 cm³/mol. The topological polar surface area (TPSA) is 12.0 Å². The van der Waals surface area contributed by atoms with Crippen LogP contribution in [0.2, 0.25) is 5.02 Å². The number of aryl methyl sites for hydroxylation is 1. The molecule has 0 aromatic heterocycles. The molecule has 0 spiro atoms. The Morgan fingerprint density at radius 2 is 1.95 bits per heavy atom. The van der Waals surface area contributed by atoms with E-state index >= 15 is 0 Å². The van der Waals surface area contributed by atoms with Gasteiger partial charge in [-0.05, 0) is 43.5 Å². The van der Waals surface area contributed by atoms with Gasteiger partial charge in [-0.1, -0.05) is 60.5 Å². The fraction of sp³-hybridized carbons (Fsp3) is 0.333. The smallest absolute Gasteiger partial charge is 0.142 e. The van der Waals surface area contributed by atoms with Crippen LogP contribution in [0.4, 0.5) is 4.39 Å². The van der Waals surface area contributed by atoms with E-state index in [-0.39, 0.29) is 16.9 Å². The lowest BCUT2D eigenvalue weighted by Gasteiger charge is -2.20. The lowest BCUT2D eigenvalue weighted by Crippen LogP contribution is -2.24. The summed E-state index contributed by atoms with van der Waals surface area (Å²) in [5.74, 6) is -0.354. The van der Waals surface area contributed by atoms with E-state index in [0.717, 1.165) is 18.5 Å². The number of hydrogen-bond donors (Lipinski definition) is 1. The van der Waals surface area contributed by atoms with Crippen molar-refractivity contribution in [3.8, 4) is 0 Å². The van der Waals surface area contributed by atoms with Crippen molar-refractivity contribution in [2.75, 3.05) is 6.54 Å². The highest BCUT2D eigenvalue weighted by atomic mass is 35.5. The van der Waals surface area contributed by atoms with Crippen molar-refractivity contribution >= 4 is 11.6 Å². The molecule has 112 valence electrons.